The molecule has 4 rings (SSSR count). The van der Waals surface area contributed by atoms with Crippen molar-refractivity contribution in [1.82, 2.24) is 15.2 Å². The summed E-state index contributed by atoms with van der Waals surface area (Å²) in [5.41, 5.74) is 3.28. The predicted octanol–water partition coefficient (Wildman–Crippen LogP) is 3.97. The van der Waals surface area contributed by atoms with Crippen molar-refractivity contribution in [3.05, 3.63) is 70.6 Å². The van der Waals surface area contributed by atoms with Gasteiger partial charge in [-0.3, -0.25) is 0 Å². The van der Waals surface area contributed by atoms with Gasteiger partial charge in [-0.2, -0.15) is 10.1 Å². The number of benzene rings is 2. The second-order valence-electron chi connectivity index (χ2n) is 5.83. The Morgan fingerprint density at radius 3 is 2.80 bits per heavy atom. The Morgan fingerprint density at radius 2 is 1.96 bits per heavy atom. The molecule has 1 aliphatic rings. The first-order valence-corrected chi connectivity index (χ1v) is 8.30. The number of nitrogens with one attached hydrogen (secondary N) is 1. The largest absolute Gasteiger partial charge is 0.350 e. The van der Waals surface area contributed by atoms with Crippen molar-refractivity contribution in [1.29, 1.82) is 0 Å². The lowest BCUT2D eigenvalue weighted by atomic mass is 10.0. The van der Waals surface area contributed by atoms with Gasteiger partial charge in [0.2, 0.25) is 5.95 Å². The van der Waals surface area contributed by atoms with Crippen molar-refractivity contribution in [2.24, 2.45) is 0 Å². The summed E-state index contributed by atoms with van der Waals surface area (Å²) >= 11 is 5.80. The maximum atomic E-state index is 13.3. The van der Waals surface area contributed by atoms with Crippen molar-refractivity contribution < 1.29 is 4.39 Å². The first-order chi connectivity index (χ1) is 12.2. The fourth-order valence-electron chi connectivity index (χ4n) is 2.89. The molecular weight excluding hydrogens is 341 g/mol. The Bertz CT molecular complexity index is 917. The summed E-state index contributed by atoms with van der Waals surface area (Å²) in [6.45, 7) is 1.66. The molecule has 0 radical (unpaired) electrons. The van der Waals surface area contributed by atoms with E-state index < -0.39 is 5.82 Å². The summed E-state index contributed by atoms with van der Waals surface area (Å²) < 4.78 is 13.3. The zero-order valence-corrected chi connectivity index (χ0v) is 14.0. The van der Waals surface area contributed by atoms with Crippen molar-refractivity contribution in [3.8, 4) is 0 Å². The number of anilines is 3. The second kappa shape index (κ2) is 6.64. The Balaban J connectivity index is 1.55. The van der Waals surface area contributed by atoms with Crippen molar-refractivity contribution >= 4 is 29.1 Å². The van der Waals surface area contributed by atoms with Crippen LogP contribution in [0, 0.1) is 5.82 Å². The second-order valence-corrected chi connectivity index (χ2v) is 6.24. The molecule has 0 bridgehead atoms. The zero-order chi connectivity index (χ0) is 17.2. The van der Waals surface area contributed by atoms with E-state index in [4.69, 9.17) is 11.6 Å². The van der Waals surface area contributed by atoms with E-state index in [0.717, 1.165) is 25.3 Å². The van der Waals surface area contributed by atoms with E-state index >= 15 is 0 Å². The number of nitrogens with zero attached hydrogens (tertiary/aromatic N) is 4. The Morgan fingerprint density at radius 1 is 1.12 bits per heavy atom. The summed E-state index contributed by atoms with van der Waals surface area (Å²) in [5, 5.41) is 11.1. The van der Waals surface area contributed by atoms with Crippen molar-refractivity contribution in [2.45, 2.75) is 13.0 Å². The van der Waals surface area contributed by atoms with Gasteiger partial charge in [-0.1, -0.05) is 35.9 Å². The molecule has 25 heavy (non-hydrogen) atoms. The molecule has 0 spiro atoms. The van der Waals surface area contributed by atoms with Crippen molar-refractivity contribution in [3.63, 3.8) is 0 Å². The number of hydrogen-bond donors (Lipinski definition) is 1. The molecule has 0 atom stereocenters. The Hall–Kier alpha value is -2.73. The highest BCUT2D eigenvalue weighted by atomic mass is 35.5. The van der Waals surface area contributed by atoms with Crippen LogP contribution in [0.1, 0.15) is 11.1 Å². The molecule has 2 aromatic carbocycles. The minimum Gasteiger partial charge on any atom is -0.350 e. The summed E-state index contributed by atoms with van der Waals surface area (Å²) in [4.78, 5) is 6.69. The highest BCUT2D eigenvalue weighted by Crippen LogP contribution is 2.24. The van der Waals surface area contributed by atoms with Gasteiger partial charge in [0.1, 0.15) is 5.82 Å². The molecule has 5 nitrogen and oxygen atoms in total. The molecule has 0 saturated heterocycles. The summed E-state index contributed by atoms with van der Waals surface area (Å²) in [6.07, 6.45) is 2.62. The van der Waals surface area contributed by atoms with Gasteiger partial charge >= 0.3 is 0 Å². The van der Waals surface area contributed by atoms with E-state index in [1.54, 1.807) is 12.3 Å². The standard InChI is InChI=1S/C18H15ClFN5/c19-15-9-14(5-6-16(15)20)22-18-23-17(10-21-24-18)25-8-7-12-3-1-2-4-13(12)11-25/h1-6,9-10H,7-8,11H2,(H,22,23,24). The van der Waals surface area contributed by atoms with Gasteiger partial charge in [0.25, 0.3) is 0 Å². The van der Waals surface area contributed by atoms with Gasteiger partial charge in [0.15, 0.2) is 5.82 Å². The third kappa shape index (κ3) is 3.39. The van der Waals surface area contributed by atoms with Crippen LogP contribution in [0.3, 0.4) is 0 Å². The van der Waals surface area contributed by atoms with Gasteiger partial charge < -0.3 is 10.2 Å². The molecule has 0 aliphatic carbocycles. The van der Waals surface area contributed by atoms with E-state index in [2.05, 4.69) is 43.6 Å². The van der Waals surface area contributed by atoms with Crippen LogP contribution in [-0.2, 0) is 13.0 Å². The molecule has 0 amide bonds. The minimum absolute atomic E-state index is 0.0433. The number of halogens is 2. The van der Waals surface area contributed by atoms with Crippen molar-refractivity contribution in [2.75, 3.05) is 16.8 Å². The van der Waals surface area contributed by atoms with Crippen LogP contribution in [0.5, 0.6) is 0 Å². The van der Waals surface area contributed by atoms with Crippen LogP contribution in [0.15, 0.2) is 48.7 Å². The average molecular weight is 356 g/mol. The number of rotatable bonds is 3. The molecule has 1 aromatic heterocycles. The van der Waals surface area contributed by atoms with Gasteiger partial charge in [-0.25, -0.2) is 4.39 Å². The van der Waals surface area contributed by atoms with Crippen LogP contribution >= 0.6 is 11.6 Å². The molecule has 1 aliphatic heterocycles. The molecule has 3 aromatic rings. The average Bonchev–Trinajstić information content (AvgIpc) is 2.65. The monoisotopic (exact) mass is 355 g/mol. The zero-order valence-electron chi connectivity index (χ0n) is 13.3. The van der Waals surface area contributed by atoms with E-state index in [1.165, 1.54) is 23.3 Å². The van der Waals surface area contributed by atoms with E-state index in [1.807, 2.05) is 6.07 Å². The van der Waals surface area contributed by atoms with E-state index in [-0.39, 0.29) is 5.02 Å². The molecule has 1 N–H and O–H groups in total. The van der Waals surface area contributed by atoms with Crippen LogP contribution in [-0.4, -0.2) is 21.7 Å². The molecule has 126 valence electrons. The molecular formula is C18H15ClFN5. The minimum atomic E-state index is -0.466. The lowest BCUT2D eigenvalue weighted by Crippen LogP contribution is -2.31. The normalized spacial score (nSPS) is 13.4. The SMILES string of the molecule is Fc1ccc(Nc2nncc(N3CCc4ccccc4C3)n2)cc1Cl. The first-order valence-electron chi connectivity index (χ1n) is 7.92. The quantitative estimate of drug-likeness (QED) is 0.770. The Labute approximate surface area is 149 Å². The summed E-state index contributed by atoms with van der Waals surface area (Å²) in [6, 6.07) is 12.8. The maximum absolute atomic E-state index is 13.3. The van der Waals surface area contributed by atoms with Gasteiger partial charge in [-0.15, -0.1) is 5.10 Å². The highest BCUT2D eigenvalue weighted by Gasteiger charge is 2.18. The summed E-state index contributed by atoms with van der Waals surface area (Å²) in [5.74, 6) is 0.631. The van der Waals surface area contributed by atoms with Gasteiger partial charge in [-0.05, 0) is 35.7 Å². The maximum Gasteiger partial charge on any atom is 0.249 e. The number of hydrogen-bond acceptors (Lipinski definition) is 5. The molecule has 2 heterocycles. The Kier molecular flexibility index (Phi) is 4.19. The third-order valence-corrected chi connectivity index (χ3v) is 4.47. The molecule has 0 unspecified atom stereocenters. The molecule has 7 heteroatoms. The van der Waals surface area contributed by atoms with Crippen LogP contribution in [0.4, 0.5) is 21.8 Å². The number of aromatic nitrogens is 3. The smallest absolute Gasteiger partial charge is 0.249 e. The molecule has 0 fully saturated rings. The van der Waals surface area contributed by atoms with E-state index in [0.29, 0.717) is 11.6 Å². The van der Waals surface area contributed by atoms with Gasteiger partial charge in [0, 0.05) is 18.8 Å². The first kappa shape index (κ1) is 15.8. The molecule has 0 saturated carbocycles. The van der Waals surface area contributed by atoms with Crippen LogP contribution < -0.4 is 10.2 Å². The fourth-order valence-corrected chi connectivity index (χ4v) is 3.08. The topological polar surface area (TPSA) is 53.9 Å². The van der Waals surface area contributed by atoms with E-state index in [9.17, 15) is 4.39 Å². The predicted molar refractivity (Wildman–Crippen MR) is 95.7 cm³/mol. The highest BCUT2D eigenvalue weighted by molar-refractivity contribution is 6.31. The van der Waals surface area contributed by atoms with Crippen LogP contribution in [0.2, 0.25) is 5.02 Å². The van der Waals surface area contributed by atoms with Gasteiger partial charge in [0.05, 0.1) is 11.2 Å². The van der Waals surface area contributed by atoms with Crippen LogP contribution in [0.25, 0.3) is 0 Å². The lowest BCUT2D eigenvalue weighted by Gasteiger charge is -2.29. The summed E-state index contributed by atoms with van der Waals surface area (Å²) in [7, 11) is 0. The lowest BCUT2D eigenvalue weighted by molar-refractivity contribution is 0.628. The third-order valence-electron chi connectivity index (χ3n) is 4.18. The fraction of sp³-hybridized carbons (Fsp3) is 0.167. The number of fused-ring (bicyclic) bond motifs is 1.